The maximum atomic E-state index is 12.6. The summed E-state index contributed by atoms with van der Waals surface area (Å²) in [6, 6.07) is 11.3. The smallest absolute Gasteiger partial charge is 0.211 e. The van der Waals surface area contributed by atoms with Crippen LogP contribution in [0.3, 0.4) is 0 Å². The minimum absolute atomic E-state index is 0.0139. The van der Waals surface area contributed by atoms with Crippen molar-refractivity contribution in [2.75, 3.05) is 0 Å². The highest BCUT2D eigenvalue weighted by molar-refractivity contribution is 6.09. The minimum atomic E-state index is -0.0139. The summed E-state index contributed by atoms with van der Waals surface area (Å²) in [5.74, 6) is -0.0139. The molecule has 2 heterocycles. The molecule has 0 aliphatic rings. The van der Waals surface area contributed by atoms with Gasteiger partial charge in [0.05, 0.1) is 11.2 Å². The van der Waals surface area contributed by atoms with Gasteiger partial charge in [-0.05, 0) is 32.0 Å². The standard InChI is InChI=1S/C16H15N3O/c1-3-19-15(9-11(2)18-19)16(20)13-7-6-12-5-4-8-17-14(12)10-13/h4-10H,3H2,1-2H3. The first kappa shape index (κ1) is 12.5. The first-order valence-corrected chi connectivity index (χ1v) is 6.63. The second kappa shape index (κ2) is 4.89. The SMILES string of the molecule is CCn1nc(C)cc1C(=O)c1ccc2cccnc2c1. The van der Waals surface area contributed by atoms with Crippen molar-refractivity contribution in [2.45, 2.75) is 20.4 Å². The molecule has 100 valence electrons. The Morgan fingerprint density at radius 1 is 1.25 bits per heavy atom. The molecule has 0 N–H and O–H groups in total. The van der Waals surface area contributed by atoms with Crippen LogP contribution in [0.1, 0.15) is 28.7 Å². The largest absolute Gasteiger partial charge is 0.287 e. The van der Waals surface area contributed by atoms with Gasteiger partial charge in [-0.25, -0.2) is 0 Å². The van der Waals surface area contributed by atoms with Crippen molar-refractivity contribution in [1.82, 2.24) is 14.8 Å². The van der Waals surface area contributed by atoms with Crippen molar-refractivity contribution < 1.29 is 4.79 Å². The molecule has 2 aromatic heterocycles. The van der Waals surface area contributed by atoms with Crippen molar-refractivity contribution in [3.05, 3.63) is 59.5 Å². The van der Waals surface area contributed by atoms with Crippen LogP contribution in [0.5, 0.6) is 0 Å². The number of carbonyl (C=O) groups is 1. The number of carbonyl (C=O) groups excluding carboxylic acids is 1. The van der Waals surface area contributed by atoms with E-state index in [1.165, 1.54) is 0 Å². The molecule has 0 atom stereocenters. The summed E-state index contributed by atoms with van der Waals surface area (Å²) in [5.41, 5.74) is 2.96. The van der Waals surface area contributed by atoms with Crippen LogP contribution in [-0.2, 0) is 6.54 Å². The van der Waals surface area contributed by atoms with E-state index in [0.717, 1.165) is 16.6 Å². The number of benzene rings is 1. The molecule has 3 rings (SSSR count). The van der Waals surface area contributed by atoms with Crippen LogP contribution in [0.15, 0.2) is 42.6 Å². The van der Waals surface area contributed by atoms with Gasteiger partial charge in [0.2, 0.25) is 5.78 Å². The van der Waals surface area contributed by atoms with Crippen molar-refractivity contribution >= 4 is 16.7 Å². The van der Waals surface area contributed by atoms with Gasteiger partial charge in [-0.2, -0.15) is 5.10 Å². The molecule has 0 saturated heterocycles. The highest BCUT2D eigenvalue weighted by atomic mass is 16.1. The fraction of sp³-hybridized carbons (Fsp3) is 0.188. The lowest BCUT2D eigenvalue weighted by molar-refractivity contribution is 0.102. The maximum Gasteiger partial charge on any atom is 0.211 e. The fourth-order valence-corrected chi connectivity index (χ4v) is 2.32. The third-order valence-corrected chi connectivity index (χ3v) is 3.30. The van der Waals surface area contributed by atoms with Crippen molar-refractivity contribution in [2.24, 2.45) is 0 Å². The Bertz CT molecular complexity index is 789. The van der Waals surface area contributed by atoms with E-state index in [1.807, 2.05) is 50.2 Å². The summed E-state index contributed by atoms with van der Waals surface area (Å²) in [5, 5.41) is 5.35. The number of rotatable bonds is 3. The van der Waals surface area contributed by atoms with Crippen LogP contribution in [0.2, 0.25) is 0 Å². The summed E-state index contributed by atoms with van der Waals surface area (Å²) in [6.45, 7) is 4.55. The highest BCUT2D eigenvalue weighted by Crippen LogP contribution is 2.17. The van der Waals surface area contributed by atoms with E-state index < -0.39 is 0 Å². The Morgan fingerprint density at radius 2 is 2.10 bits per heavy atom. The average Bonchev–Trinajstić information content (AvgIpc) is 2.87. The second-order valence-electron chi connectivity index (χ2n) is 4.73. The lowest BCUT2D eigenvalue weighted by Crippen LogP contribution is -2.10. The van der Waals surface area contributed by atoms with E-state index in [9.17, 15) is 4.79 Å². The molecule has 0 aliphatic carbocycles. The Balaban J connectivity index is 2.07. The Morgan fingerprint density at radius 3 is 2.90 bits per heavy atom. The zero-order chi connectivity index (χ0) is 14.1. The number of aromatic nitrogens is 3. The summed E-state index contributed by atoms with van der Waals surface area (Å²) in [6.07, 6.45) is 1.73. The third kappa shape index (κ3) is 2.09. The van der Waals surface area contributed by atoms with Gasteiger partial charge in [-0.3, -0.25) is 14.5 Å². The topological polar surface area (TPSA) is 47.8 Å². The number of hydrogen-bond donors (Lipinski definition) is 0. The number of ketones is 1. The van der Waals surface area contributed by atoms with Gasteiger partial charge in [-0.1, -0.05) is 18.2 Å². The Labute approximate surface area is 117 Å². The molecule has 1 aromatic carbocycles. The predicted molar refractivity (Wildman–Crippen MR) is 77.8 cm³/mol. The molecule has 0 bridgehead atoms. The zero-order valence-corrected chi connectivity index (χ0v) is 11.5. The molecular weight excluding hydrogens is 250 g/mol. The van der Waals surface area contributed by atoms with E-state index in [-0.39, 0.29) is 5.78 Å². The van der Waals surface area contributed by atoms with Gasteiger partial charge in [0.1, 0.15) is 5.69 Å². The molecule has 20 heavy (non-hydrogen) atoms. The Hall–Kier alpha value is -2.49. The first-order chi connectivity index (χ1) is 9.69. The summed E-state index contributed by atoms with van der Waals surface area (Å²) >= 11 is 0. The molecule has 4 heteroatoms. The van der Waals surface area contributed by atoms with Crippen LogP contribution in [-0.4, -0.2) is 20.5 Å². The molecule has 0 unspecified atom stereocenters. The maximum absolute atomic E-state index is 12.6. The lowest BCUT2D eigenvalue weighted by atomic mass is 10.1. The molecule has 3 aromatic rings. The zero-order valence-electron chi connectivity index (χ0n) is 11.5. The van der Waals surface area contributed by atoms with E-state index in [2.05, 4.69) is 10.1 Å². The summed E-state index contributed by atoms with van der Waals surface area (Å²) in [4.78, 5) is 16.9. The number of hydrogen-bond acceptors (Lipinski definition) is 3. The van der Waals surface area contributed by atoms with Crippen molar-refractivity contribution in [3.8, 4) is 0 Å². The van der Waals surface area contributed by atoms with Gasteiger partial charge in [0.25, 0.3) is 0 Å². The van der Waals surface area contributed by atoms with Crippen LogP contribution in [0.25, 0.3) is 10.9 Å². The Kier molecular flexibility index (Phi) is 3.06. The highest BCUT2D eigenvalue weighted by Gasteiger charge is 2.15. The van der Waals surface area contributed by atoms with Crippen LogP contribution in [0, 0.1) is 6.92 Å². The molecule has 4 nitrogen and oxygen atoms in total. The number of pyridine rings is 1. The normalized spacial score (nSPS) is 10.9. The van der Waals surface area contributed by atoms with E-state index in [4.69, 9.17) is 0 Å². The van der Waals surface area contributed by atoms with Crippen molar-refractivity contribution in [3.63, 3.8) is 0 Å². The van der Waals surface area contributed by atoms with Crippen LogP contribution >= 0.6 is 0 Å². The van der Waals surface area contributed by atoms with Crippen molar-refractivity contribution in [1.29, 1.82) is 0 Å². The average molecular weight is 265 g/mol. The molecule has 0 saturated carbocycles. The number of nitrogens with zero attached hydrogens (tertiary/aromatic N) is 3. The van der Waals surface area contributed by atoms with Gasteiger partial charge in [0, 0.05) is 23.7 Å². The fourth-order valence-electron chi connectivity index (χ4n) is 2.32. The number of fused-ring (bicyclic) bond motifs is 1. The minimum Gasteiger partial charge on any atom is -0.287 e. The van der Waals surface area contributed by atoms with Gasteiger partial charge in [-0.15, -0.1) is 0 Å². The second-order valence-corrected chi connectivity index (χ2v) is 4.73. The van der Waals surface area contributed by atoms with E-state index in [0.29, 0.717) is 17.8 Å². The van der Waals surface area contributed by atoms with Gasteiger partial charge >= 0.3 is 0 Å². The monoisotopic (exact) mass is 265 g/mol. The first-order valence-electron chi connectivity index (χ1n) is 6.63. The molecule has 0 radical (unpaired) electrons. The third-order valence-electron chi connectivity index (χ3n) is 3.30. The van der Waals surface area contributed by atoms with E-state index >= 15 is 0 Å². The molecular formula is C16H15N3O. The quantitative estimate of drug-likeness (QED) is 0.684. The van der Waals surface area contributed by atoms with Crippen LogP contribution < -0.4 is 0 Å². The van der Waals surface area contributed by atoms with E-state index in [1.54, 1.807) is 10.9 Å². The van der Waals surface area contributed by atoms with Gasteiger partial charge < -0.3 is 0 Å². The summed E-state index contributed by atoms with van der Waals surface area (Å²) < 4.78 is 1.74. The molecule has 0 spiro atoms. The molecule has 0 fully saturated rings. The number of aryl methyl sites for hydroxylation is 2. The lowest BCUT2D eigenvalue weighted by Gasteiger charge is -2.05. The predicted octanol–water partition coefficient (Wildman–Crippen LogP) is 2.99. The molecule has 0 aliphatic heterocycles. The molecule has 0 amide bonds. The summed E-state index contributed by atoms with van der Waals surface area (Å²) in [7, 11) is 0. The van der Waals surface area contributed by atoms with Crippen LogP contribution in [0.4, 0.5) is 0 Å². The van der Waals surface area contributed by atoms with Gasteiger partial charge in [0.15, 0.2) is 0 Å².